The van der Waals surface area contributed by atoms with Gasteiger partial charge in [0.05, 0.1) is 0 Å². The van der Waals surface area contributed by atoms with E-state index < -0.39 is 5.82 Å². The maximum Gasteiger partial charge on any atom is 0.226 e. The number of rotatable bonds is 1. The Labute approximate surface area is 89.2 Å². The van der Waals surface area contributed by atoms with Crippen LogP contribution in [0.3, 0.4) is 0 Å². The molecule has 0 unspecified atom stereocenters. The van der Waals surface area contributed by atoms with E-state index >= 15 is 0 Å². The standard InChI is InChI=1S/C9H4Cl2FNO/c10-5-1-2-7(12)6(3-5)8-4-9(11)14-13-8/h1-4H. The number of aromatic nitrogens is 1. The molecule has 0 amide bonds. The molecule has 1 heterocycles. The summed E-state index contributed by atoms with van der Waals surface area (Å²) in [5.41, 5.74) is 0.600. The molecule has 0 saturated heterocycles. The third kappa shape index (κ3) is 1.74. The van der Waals surface area contributed by atoms with Crippen molar-refractivity contribution in [2.24, 2.45) is 0 Å². The molecule has 1 aromatic heterocycles. The van der Waals surface area contributed by atoms with Crippen molar-refractivity contribution in [1.82, 2.24) is 5.16 Å². The molecule has 0 fully saturated rings. The van der Waals surface area contributed by atoms with Gasteiger partial charge in [-0.1, -0.05) is 16.8 Å². The Hall–Kier alpha value is -1.06. The lowest BCUT2D eigenvalue weighted by Gasteiger charge is -1.97. The minimum atomic E-state index is -0.417. The molecule has 0 atom stereocenters. The second kappa shape index (κ2) is 3.59. The van der Waals surface area contributed by atoms with Gasteiger partial charge in [-0.3, -0.25) is 0 Å². The summed E-state index contributed by atoms with van der Waals surface area (Å²) in [6.45, 7) is 0. The van der Waals surface area contributed by atoms with E-state index in [2.05, 4.69) is 9.68 Å². The predicted molar refractivity (Wildman–Crippen MR) is 51.9 cm³/mol. The van der Waals surface area contributed by atoms with Crippen LogP contribution in [0, 0.1) is 5.82 Å². The SMILES string of the molecule is Fc1ccc(Cl)cc1-c1cc(Cl)on1. The first-order valence-electron chi connectivity index (χ1n) is 3.74. The Kier molecular flexibility index (Phi) is 2.44. The average molecular weight is 232 g/mol. The number of halogens is 3. The second-order valence-electron chi connectivity index (χ2n) is 2.64. The molecule has 0 aliphatic rings. The van der Waals surface area contributed by atoms with Gasteiger partial charge < -0.3 is 4.52 Å². The van der Waals surface area contributed by atoms with Crippen molar-refractivity contribution in [2.45, 2.75) is 0 Å². The molecule has 1 aromatic carbocycles. The quantitative estimate of drug-likeness (QED) is 0.747. The van der Waals surface area contributed by atoms with Gasteiger partial charge in [-0.25, -0.2) is 4.39 Å². The highest BCUT2D eigenvalue weighted by Gasteiger charge is 2.10. The van der Waals surface area contributed by atoms with Crippen molar-refractivity contribution in [3.8, 4) is 11.3 Å². The molecular weight excluding hydrogens is 228 g/mol. The first-order chi connectivity index (χ1) is 6.66. The minimum Gasteiger partial charge on any atom is -0.344 e. The van der Waals surface area contributed by atoms with Crippen molar-refractivity contribution in [2.75, 3.05) is 0 Å². The van der Waals surface area contributed by atoms with E-state index in [-0.39, 0.29) is 10.8 Å². The summed E-state index contributed by atoms with van der Waals surface area (Å²) >= 11 is 11.2. The largest absolute Gasteiger partial charge is 0.344 e. The van der Waals surface area contributed by atoms with Crippen molar-refractivity contribution in [1.29, 1.82) is 0 Å². The van der Waals surface area contributed by atoms with Crippen LogP contribution in [-0.4, -0.2) is 5.16 Å². The van der Waals surface area contributed by atoms with Crippen LogP contribution in [0.4, 0.5) is 4.39 Å². The predicted octanol–water partition coefficient (Wildman–Crippen LogP) is 3.79. The van der Waals surface area contributed by atoms with Crippen LogP contribution in [0.15, 0.2) is 28.8 Å². The smallest absolute Gasteiger partial charge is 0.226 e. The van der Waals surface area contributed by atoms with Crippen LogP contribution >= 0.6 is 23.2 Å². The summed E-state index contributed by atoms with van der Waals surface area (Å²) in [4.78, 5) is 0. The van der Waals surface area contributed by atoms with Gasteiger partial charge in [-0.2, -0.15) is 0 Å². The summed E-state index contributed by atoms with van der Waals surface area (Å²) in [6, 6.07) is 5.61. The fourth-order valence-corrected chi connectivity index (χ4v) is 1.38. The number of hydrogen-bond donors (Lipinski definition) is 0. The first kappa shape index (κ1) is 9.49. The molecule has 72 valence electrons. The van der Waals surface area contributed by atoms with Crippen LogP contribution in [0.1, 0.15) is 0 Å². The van der Waals surface area contributed by atoms with Crippen molar-refractivity contribution < 1.29 is 8.91 Å². The Morgan fingerprint density at radius 3 is 2.64 bits per heavy atom. The lowest BCUT2D eigenvalue weighted by atomic mass is 10.1. The molecular formula is C9H4Cl2FNO. The van der Waals surface area contributed by atoms with Crippen LogP contribution in [0.25, 0.3) is 11.3 Å². The maximum absolute atomic E-state index is 13.3. The zero-order valence-electron chi connectivity index (χ0n) is 6.80. The maximum atomic E-state index is 13.3. The molecule has 14 heavy (non-hydrogen) atoms. The highest BCUT2D eigenvalue weighted by atomic mass is 35.5. The number of benzene rings is 1. The Balaban J connectivity index is 2.55. The molecule has 0 N–H and O–H groups in total. The molecule has 0 spiro atoms. The third-order valence-corrected chi connectivity index (χ3v) is 2.10. The number of nitrogens with zero attached hydrogens (tertiary/aromatic N) is 1. The normalized spacial score (nSPS) is 10.5. The van der Waals surface area contributed by atoms with E-state index in [0.29, 0.717) is 10.7 Å². The molecule has 2 nitrogen and oxygen atoms in total. The average Bonchev–Trinajstić information content (AvgIpc) is 2.56. The fourth-order valence-electron chi connectivity index (χ4n) is 1.07. The van der Waals surface area contributed by atoms with E-state index in [1.54, 1.807) is 0 Å². The van der Waals surface area contributed by atoms with Crippen molar-refractivity contribution >= 4 is 23.2 Å². The molecule has 0 radical (unpaired) electrons. The van der Waals surface area contributed by atoms with Crippen molar-refractivity contribution in [3.63, 3.8) is 0 Å². The van der Waals surface area contributed by atoms with Crippen molar-refractivity contribution in [3.05, 3.63) is 40.3 Å². The monoisotopic (exact) mass is 231 g/mol. The summed E-state index contributed by atoms with van der Waals surface area (Å²) < 4.78 is 17.9. The summed E-state index contributed by atoms with van der Waals surface area (Å²) in [7, 11) is 0. The van der Waals surface area contributed by atoms with Gasteiger partial charge in [0.15, 0.2) is 0 Å². The van der Waals surface area contributed by atoms with Gasteiger partial charge in [0.2, 0.25) is 5.22 Å². The molecule has 2 rings (SSSR count). The lowest BCUT2D eigenvalue weighted by Crippen LogP contribution is -1.83. The van der Waals surface area contributed by atoms with E-state index in [1.807, 2.05) is 0 Å². The zero-order chi connectivity index (χ0) is 10.1. The molecule has 2 aromatic rings. The van der Waals surface area contributed by atoms with Gasteiger partial charge in [0.25, 0.3) is 0 Å². The van der Waals surface area contributed by atoms with Gasteiger partial charge in [-0.15, -0.1) is 0 Å². The fraction of sp³-hybridized carbons (Fsp3) is 0. The zero-order valence-corrected chi connectivity index (χ0v) is 8.31. The summed E-state index contributed by atoms with van der Waals surface area (Å²) in [6.07, 6.45) is 0. The van der Waals surface area contributed by atoms with E-state index in [0.717, 1.165) is 0 Å². The number of hydrogen-bond acceptors (Lipinski definition) is 2. The Morgan fingerprint density at radius 2 is 2.00 bits per heavy atom. The van der Waals surface area contributed by atoms with E-state index in [1.165, 1.54) is 24.3 Å². The van der Waals surface area contributed by atoms with Crippen LogP contribution < -0.4 is 0 Å². The van der Waals surface area contributed by atoms with Gasteiger partial charge in [0, 0.05) is 16.7 Å². The highest BCUT2D eigenvalue weighted by Crippen LogP contribution is 2.26. The summed E-state index contributed by atoms with van der Waals surface area (Å²) in [5.74, 6) is -0.417. The van der Waals surface area contributed by atoms with Crippen LogP contribution in [0.5, 0.6) is 0 Å². The first-order valence-corrected chi connectivity index (χ1v) is 4.50. The lowest BCUT2D eigenvalue weighted by molar-refractivity contribution is 0.423. The van der Waals surface area contributed by atoms with Gasteiger partial charge in [0.1, 0.15) is 11.5 Å². The topological polar surface area (TPSA) is 26.0 Å². The Morgan fingerprint density at radius 1 is 1.21 bits per heavy atom. The second-order valence-corrected chi connectivity index (χ2v) is 3.45. The van der Waals surface area contributed by atoms with Gasteiger partial charge >= 0.3 is 0 Å². The third-order valence-electron chi connectivity index (χ3n) is 1.69. The van der Waals surface area contributed by atoms with Gasteiger partial charge in [-0.05, 0) is 29.8 Å². The molecule has 0 aliphatic carbocycles. The van der Waals surface area contributed by atoms with Crippen LogP contribution in [0.2, 0.25) is 10.2 Å². The highest BCUT2D eigenvalue weighted by molar-refractivity contribution is 6.31. The minimum absolute atomic E-state index is 0.111. The molecule has 0 aliphatic heterocycles. The molecule has 0 saturated carbocycles. The van der Waals surface area contributed by atoms with E-state index in [9.17, 15) is 4.39 Å². The summed E-state index contributed by atoms with van der Waals surface area (Å²) in [5, 5.41) is 4.12. The molecule has 5 heteroatoms. The Bertz CT molecular complexity index is 470. The van der Waals surface area contributed by atoms with Crippen LogP contribution in [-0.2, 0) is 0 Å². The van der Waals surface area contributed by atoms with E-state index in [4.69, 9.17) is 23.2 Å². The molecule has 0 bridgehead atoms.